The molecule has 12 heavy (non-hydrogen) atoms. The summed E-state index contributed by atoms with van der Waals surface area (Å²) in [5.74, 6) is 0.954. The van der Waals surface area contributed by atoms with Crippen LogP contribution in [0.3, 0.4) is 0 Å². The molecule has 74 valence electrons. The summed E-state index contributed by atoms with van der Waals surface area (Å²) in [6, 6.07) is 0. The summed E-state index contributed by atoms with van der Waals surface area (Å²) in [6.07, 6.45) is 9.82. The maximum absolute atomic E-state index is 3.46. The van der Waals surface area contributed by atoms with Gasteiger partial charge in [-0.2, -0.15) is 0 Å². The molecular formula is C11H23Br. The van der Waals surface area contributed by atoms with Crippen molar-refractivity contribution in [3.63, 3.8) is 0 Å². The van der Waals surface area contributed by atoms with E-state index < -0.39 is 0 Å². The van der Waals surface area contributed by atoms with Crippen molar-refractivity contribution >= 4 is 15.9 Å². The highest BCUT2D eigenvalue weighted by Crippen LogP contribution is 2.15. The Kier molecular flexibility index (Phi) is 9.95. The molecule has 0 radical (unpaired) electrons. The molecule has 0 unspecified atom stereocenters. The Hall–Kier alpha value is 0.480. The van der Waals surface area contributed by atoms with Crippen molar-refractivity contribution in [2.45, 2.75) is 58.8 Å². The van der Waals surface area contributed by atoms with Crippen LogP contribution in [0.25, 0.3) is 0 Å². The summed E-state index contributed by atoms with van der Waals surface area (Å²) in [5.41, 5.74) is 0. The van der Waals surface area contributed by atoms with Crippen LogP contribution in [0, 0.1) is 5.92 Å². The minimum absolute atomic E-state index is 0.954. The van der Waals surface area contributed by atoms with Crippen molar-refractivity contribution in [2.75, 3.05) is 5.33 Å². The molecule has 0 rings (SSSR count). The molecule has 0 aromatic heterocycles. The lowest BCUT2D eigenvalue weighted by Crippen LogP contribution is -1.94. The van der Waals surface area contributed by atoms with E-state index in [9.17, 15) is 0 Å². The summed E-state index contributed by atoms with van der Waals surface area (Å²) >= 11 is 3.46. The third-order valence-corrected chi connectivity index (χ3v) is 2.94. The van der Waals surface area contributed by atoms with Crippen LogP contribution in [0.1, 0.15) is 58.8 Å². The zero-order chi connectivity index (χ0) is 9.23. The Balaban J connectivity index is 3.04. The number of unbranched alkanes of at least 4 members (excludes halogenated alkanes) is 3. The van der Waals surface area contributed by atoms with Crippen LogP contribution in [0.15, 0.2) is 0 Å². The number of rotatable bonds is 8. The Morgan fingerprint density at radius 1 is 1.00 bits per heavy atom. The zero-order valence-corrected chi connectivity index (χ0v) is 10.2. The van der Waals surface area contributed by atoms with E-state index in [0.717, 1.165) is 5.92 Å². The van der Waals surface area contributed by atoms with Gasteiger partial charge in [-0.15, -0.1) is 0 Å². The standard InChI is InChI=1S/C11H23Br/c1-3-4-5-8-11(2)9-6-7-10-12/h11H,3-10H2,1-2H3/t11-/m0/s1. The van der Waals surface area contributed by atoms with Crippen molar-refractivity contribution in [3.8, 4) is 0 Å². The van der Waals surface area contributed by atoms with Gasteiger partial charge in [-0.05, 0) is 12.3 Å². The van der Waals surface area contributed by atoms with E-state index in [4.69, 9.17) is 0 Å². The summed E-state index contributed by atoms with van der Waals surface area (Å²) in [4.78, 5) is 0. The molecular weight excluding hydrogens is 212 g/mol. The van der Waals surface area contributed by atoms with Crippen LogP contribution in [0.2, 0.25) is 0 Å². The molecule has 0 aliphatic heterocycles. The summed E-state index contributed by atoms with van der Waals surface area (Å²) in [7, 11) is 0. The van der Waals surface area contributed by atoms with Crippen molar-refractivity contribution in [2.24, 2.45) is 5.92 Å². The molecule has 1 atom stereocenters. The molecule has 0 bridgehead atoms. The van der Waals surface area contributed by atoms with Gasteiger partial charge in [-0.3, -0.25) is 0 Å². The molecule has 0 aliphatic carbocycles. The Morgan fingerprint density at radius 3 is 2.08 bits per heavy atom. The third kappa shape index (κ3) is 8.58. The van der Waals surface area contributed by atoms with E-state index >= 15 is 0 Å². The van der Waals surface area contributed by atoms with E-state index in [1.807, 2.05) is 0 Å². The van der Waals surface area contributed by atoms with Crippen molar-refractivity contribution in [1.29, 1.82) is 0 Å². The minimum atomic E-state index is 0.954. The smallest absolute Gasteiger partial charge is 0.00313 e. The molecule has 0 heterocycles. The molecule has 0 amide bonds. The number of hydrogen-bond donors (Lipinski definition) is 0. The molecule has 0 saturated heterocycles. The highest BCUT2D eigenvalue weighted by atomic mass is 79.9. The molecule has 0 nitrogen and oxygen atoms in total. The molecule has 0 aliphatic rings. The number of hydrogen-bond acceptors (Lipinski definition) is 0. The van der Waals surface area contributed by atoms with Gasteiger partial charge in [-0.25, -0.2) is 0 Å². The average Bonchev–Trinajstić information content (AvgIpc) is 2.06. The van der Waals surface area contributed by atoms with Crippen LogP contribution in [0.4, 0.5) is 0 Å². The fourth-order valence-corrected chi connectivity index (χ4v) is 1.87. The summed E-state index contributed by atoms with van der Waals surface area (Å²) in [6.45, 7) is 4.67. The number of alkyl halides is 1. The molecule has 0 aromatic rings. The monoisotopic (exact) mass is 234 g/mol. The van der Waals surface area contributed by atoms with Crippen molar-refractivity contribution < 1.29 is 0 Å². The highest BCUT2D eigenvalue weighted by Gasteiger charge is 2.00. The fraction of sp³-hybridized carbons (Fsp3) is 1.00. The van der Waals surface area contributed by atoms with E-state index in [0.29, 0.717) is 0 Å². The maximum Gasteiger partial charge on any atom is 0.00313 e. The topological polar surface area (TPSA) is 0 Å². The normalized spacial score (nSPS) is 13.2. The quantitative estimate of drug-likeness (QED) is 0.420. The van der Waals surface area contributed by atoms with Crippen LogP contribution >= 0.6 is 15.9 Å². The second-order valence-electron chi connectivity index (χ2n) is 3.79. The molecule has 0 N–H and O–H groups in total. The first kappa shape index (κ1) is 12.5. The van der Waals surface area contributed by atoms with Crippen LogP contribution < -0.4 is 0 Å². The lowest BCUT2D eigenvalue weighted by atomic mass is 9.98. The van der Waals surface area contributed by atoms with Crippen LogP contribution in [-0.4, -0.2) is 5.33 Å². The van der Waals surface area contributed by atoms with Gasteiger partial charge in [0.2, 0.25) is 0 Å². The van der Waals surface area contributed by atoms with E-state index in [1.165, 1.54) is 50.3 Å². The molecule has 1 heteroatoms. The van der Waals surface area contributed by atoms with Gasteiger partial charge in [0.1, 0.15) is 0 Å². The van der Waals surface area contributed by atoms with Gasteiger partial charge in [-0.1, -0.05) is 68.3 Å². The second kappa shape index (κ2) is 9.57. The lowest BCUT2D eigenvalue weighted by molar-refractivity contribution is 0.449. The Morgan fingerprint density at radius 2 is 1.58 bits per heavy atom. The zero-order valence-electron chi connectivity index (χ0n) is 8.61. The molecule has 0 saturated carbocycles. The molecule has 0 fully saturated rings. The van der Waals surface area contributed by atoms with Gasteiger partial charge in [0.25, 0.3) is 0 Å². The lowest BCUT2D eigenvalue weighted by Gasteiger charge is -2.09. The van der Waals surface area contributed by atoms with Gasteiger partial charge in [0.05, 0.1) is 0 Å². The predicted octanol–water partition coefficient (Wildman–Crippen LogP) is 4.77. The molecule has 0 spiro atoms. The minimum Gasteiger partial charge on any atom is -0.0928 e. The fourth-order valence-electron chi connectivity index (χ4n) is 1.47. The first-order valence-corrected chi connectivity index (χ1v) is 6.49. The average molecular weight is 235 g/mol. The van der Waals surface area contributed by atoms with Crippen molar-refractivity contribution in [1.82, 2.24) is 0 Å². The van der Waals surface area contributed by atoms with E-state index in [2.05, 4.69) is 29.8 Å². The Labute approximate surface area is 86.3 Å². The van der Waals surface area contributed by atoms with Crippen molar-refractivity contribution in [3.05, 3.63) is 0 Å². The SMILES string of the molecule is CCCCC[C@H](C)CCCCBr. The summed E-state index contributed by atoms with van der Waals surface area (Å²) < 4.78 is 0. The summed E-state index contributed by atoms with van der Waals surface area (Å²) in [5, 5.41) is 1.18. The third-order valence-electron chi connectivity index (χ3n) is 2.38. The first-order valence-electron chi connectivity index (χ1n) is 5.37. The van der Waals surface area contributed by atoms with Gasteiger partial charge in [0, 0.05) is 5.33 Å². The Bertz CT molecular complexity index is 71.1. The largest absolute Gasteiger partial charge is 0.0928 e. The second-order valence-corrected chi connectivity index (χ2v) is 4.58. The maximum atomic E-state index is 3.46. The van der Waals surface area contributed by atoms with Gasteiger partial charge in [0.15, 0.2) is 0 Å². The predicted molar refractivity (Wildman–Crippen MR) is 61.0 cm³/mol. The van der Waals surface area contributed by atoms with Gasteiger partial charge < -0.3 is 0 Å². The molecule has 0 aromatic carbocycles. The first-order chi connectivity index (χ1) is 5.81. The van der Waals surface area contributed by atoms with E-state index in [-0.39, 0.29) is 0 Å². The van der Waals surface area contributed by atoms with Crippen LogP contribution in [-0.2, 0) is 0 Å². The van der Waals surface area contributed by atoms with Crippen LogP contribution in [0.5, 0.6) is 0 Å². The van der Waals surface area contributed by atoms with Gasteiger partial charge >= 0.3 is 0 Å². The highest BCUT2D eigenvalue weighted by molar-refractivity contribution is 9.09. The number of halogens is 1. The van der Waals surface area contributed by atoms with E-state index in [1.54, 1.807) is 0 Å².